The van der Waals surface area contributed by atoms with Gasteiger partial charge in [0.25, 0.3) is 0 Å². The number of methoxy groups -OCH3 is 1. The number of hydrogen-bond donors (Lipinski definition) is 2. The zero-order chi connectivity index (χ0) is 22.7. The van der Waals surface area contributed by atoms with Gasteiger partial charge in [0.05, 0.1) is 31.0 Å². The Bertz CT molecular complexity index is 1270. The molecule has 32 heavy (non-hydrogen) atoms. The van der Waals surface area contributed by atoms with Gasteiger partial charge in [0, 0.05) is 24.4 Å². The fraction of sp³-hybridized carbons (Fsp3) is 0.200. The van der Waals surface area contributed by atoms with Crippen molar-refractivity contribution in [2.75, 3.05) is 20.7 Å². The van der Waals surface area contributed by atoms with E-state index < -0.39 is 0 Å². The first-order chi connectivity index (χ1) is 15.5. The Morgan fingerprint density at radius 1 is 1.16 bits per heavy atom. The topological polar surface area (TPSA) is 75.9 Å². The number of fused-ring (bicyclic) bond motifs is 1. The summed E-state index contributed by atoms with van der Waals surface area (Å²) in [5.41, 5.74) is 6.02. The number of Topliss-reactive ketones (excluding diaryl/α,β-unsaturated/α-hetero) is 1. The lowest BCUT2D eigenvalue weighted by atomic mass is 10.0. The van der Waals surface area contributed by atoms with Crippen LogP contribution in [0.2, 0.25) is 5.02 Å². The van der Waals surface area contributed by atoms with Gasteiger partial charge >= 0.3 is 0 Å². The first-order valence-electron chi connectivity index (χ1n) is 10.2. The number of aromatic nitrogens is 2. The summed E-state index contributed by atoms with van der Waals surface area (Å²) in [6.07, 6.45) is 4.28. The van der Waals surface area contributed by atoms with E-state index in [4.69, 9.17) is 21.3 Å². The van der Waals surface area contributed by atoms with Crippen molar-refractivity contribution in [3.8, 4) is 28.1 Å². The number of nitrogens with zero attached hydrogens (tertiary/aromatic N) is 2. The molecule has 2 heterocycles. The summed E-state index contributed by atoms with van der Waals surface area (Å²) < 4.78 is 7.19. The molecule has 0 spiro atoms. The van der Waals surface area contributed by atoms with Gasteiger partial charge in [-0.3, -0.25) is 4.79 Å². The third kappa shape index (κ3) is 4.53. The third-order valence-corrected chi connectivity index (χ3v) is 5.64. The van der Waals surface area contributed by atoms with Crippen LogP contribution in [-0.4, -0.2) is 41.0 Å². The largest absolute Gasteiger partial charge is 0.495 e. The van der Waals surface area contributed by atoms with E-state index in [9.17, 15) is 9.90 Å². The lowest BCUT2D eigenvalue weighted by molar-refractivity contribution is -0.117. The van der Waals surface area contributed by atoms with E-state index in [0.29, 0.717) is 35.0 Å². The van der Waals surface area contributed by atoms with Crippen LogP contribution in [0, 0.1) is 0 Å². The number of aliphatic hydroxyl groups is 1. The van der Waals surface area contributed by atoms with Gasteiger partial charge in [-0.15, -0.1) is 0 Å². The molecule has 7 heteroatoms. The molecule has 0 aliphatic heterocycles. The fourth-order valence-corrected chi connectivity index (χ4v) is 3.96. The Balaban J connectivity index is 1.64. The summed E-state index contributed by atoms with van der Waals surface area (Å²) in [4.78, 5) is 16.6. The van der Waals surface area contributed by atoms with Crippen LogP contribution in [0.5, 0.6) is 5.75 Å². The summed E-state index contributed by atoms with van der Waals surface area (Å²) in [5, 5.41) is 13.2. The Labute approximate surface area is 191 Å². The number of hydrogen-bond acceptors (Lipinski definition) is 5. The molecule has 2 aromatic heterocycles. The Morgan fingerprint density at radius 3 is 2.62 bits per heavy atom. The standard InChI is InChI=1S/C25H24ClN3O3/c1-27-13-20(31)9-16-3-5-17(6-4-16)18-7-8-29-14-23(28-25(29)11-18)21-12-22(26)24(32-2)10-19(21)15-30/h3-8,10-12,14,27,30H,9,13,15H2,1-2H3. The van der Waals surface area contributed by atoms with Gasteiger partial charge in [0.2, 0.25) is 0 Å². The van der Waals surface area contributed by atoms with Crippen molar-refractivity contribution in [2.45, 2.75) is 13.0 Å². The van der Waals surface area contributed by atoms with Crippen molar-refractivity contribution in [2.24, 2.45) is 0 Å². The number of pyridine rings is 1. The molecule has 0 bridgehead atoms. The Kier molecular flexibility index (Phi) is 6.55. The van der Waals surface area contributed by atoms with Crippen LogP contribution in [0.3, 0.4) is 0 Å². The van der Waals surface area contributed by atoms with Crippen LogP contribution in [-0.2, 0) is 17.8 Å². The number of nitrogens with one attached hydrogen (secondary N) is 1. The average Bonchev–Trinajstić information content (AvgIpc) is 3.23. The number of ketones is 1. The molecule has 4 aromatic rings. The number of ether oxygens (including phenoxy) is 1. The van der Waals surface area contributed by atoms with E-state index in [2.05, 4.69) is 5.32 Å². The smallest absolute Gasteiger partial charge is 0.150 e. The highest BCUT2D eigenvalue weighted by Crippen LogP contribution is 2.34. The van der Waals surface area contributed by atoms with Gasteiger partial charge in [-0.05, 0) is 53.6 Å². The average molecular weight is 450 g/mol. The molecule has 0 unspecified atom stereocenters. The molecule has 0 fully saturated rings. The van der Waals surface area contributed by atoms with Crippen molar-refractivity contribution in [1.29, 1.82) is 0 Å². The van der Waals surface area contributed by atoms with Crippen LogP contribution >= 0.6 is 11.6 Å². The van der Waals surface area contributed by atoms with Crippen LogP contribution in [0.4, 0.5) is 0 Å². The van der Waals surface area contributed by atoms with Gasteiger partial charge in [-0.25, -0.2) is 4.98 Å². The van der Waals surface area contributed by atoms with Gasteiger partial charge in [0.15, 0.2) is 5.78 Å². The zero-order valence-electron chi connectivity index (χ0n) is 17.9. The lowest BCUT2D eigenvalue weighted by Crippen LogP contribution is -2.20. The SMILES string of the molecule is CNCC(=O)Cc1ccc(-c2ccn3cc(-c4cc(Cl)c(OC)cc4CO)nc3c2)cc1. The lowest BCUT2D eigenvalue weighted by Gasteiger charge is -2.09. The van der Waals surface area contributed by atoms with Crippen molar-refractivity contribution in [3.63, 3.8) is 0 Å². The molecule has 0 aliphatic rings. The second-order valence-corrected chi connectivity index (χ2v) is 7.96. The minimum absolute atomic E-state index is 0.148. The molecule has 0 saturated carbocycles. The number of benzene rings is 2. The van der Waals surface area contributed by atoms with Crippen molar-refractivity contribution >= 4 is 23.0 Å². The first kappa shape index (κ1) is 22.0. The van der Waals surface area contributed by atoms with E-state index in [1.54, 1.807) is 26.3 Å². The summed E-state index contributed by atoms with van der Waals surface area (Å²) in [5.74, 6) is 0.675. The van der Waals surface area contributed by atoms with E-state index >= 15 is 0 Å². The molecule has 4 rings (SSSR count). The summed E-state index contributed by atoms with van der Waals surface area (Å²) in [6.45, 7) is 0.225. The number of aliphatic hydroxyl groups excluding tert-OH is 1. The molecule has 0 aliphatic carbocycles. The van der Waals surface area contributed by atoms with Gasteiger partial charge in [-0.1, -0.05) is 35.9 Å². The van der Waals surface area contributed by atoms with Gasteiger partial charge in [0.1, 0.15) is 11.4 Å². The number of halogens is 1. The van der Waals surface area contributed by atoms with E-state index in [-0.39, 0.29) is 12.4 Å². The zero-order valence-corrected chi connectivity index (χ0v) is 18.7. The molecule has 6 nitrogen and oxygen atoms in total. The van der Waals surface area contributed by atoms with Crippen LogP contribution in [0.1, 0.15) is 11.1 Å². The second-order valence-electron chi connectivity index (χ2n) is 7.55. The van der Waals surface area contributed by atoms with Crippen LogP contribution in [0.25, 0.3) is 28.0 Å². The van der Waals surface area contributed by atoms with Crippen molar-refractivity contribution < 1.29 is 14.6 Å². The monoisotopic (exact) mass is 449 g/mol. The summed E-state index contributed by atoms with van der Waals surface area (Å²) in [7, 11) is 3.31. The van der Waals surface area contributed by atoms with E-state index in [0.717, 1.165) is 27.9 Å². The maximum atomic E-state index is 11.8. The molecule has 164 valence electrons. The van der Waals surface area contributed by atoms with Gasteiger partial charge in [-0.2, -0.15) is 0 Å². The molecule has 2 aromatic carbocycles. The Morgan fingerprint density at radius 2 is 1.94 bits per heavy atom. The number of carbonyl (C=O) groups excluding carboxylic acids is 1. The highest BCUT2D eigenvalue weighted by atomic mass is 35.5. The molecule has 0 saturated heterocycles. The fourth-order valence-electron chi connectivity index (χ4n) is 3.71. The molecular formula is C25H24ClN3O3. The minimum atomic E-state index is -0.148. The quantitative estimate of drug-likeness (QED) is 0.422. The number of likely N-dealkylation sites (N-methyl/N-ethyl adjacent to an activating group) is 1. The molecule has 2 N–H and O–H groups in total. The molecule has 0 radical (unpaired) electrons. The number of imidazole rings is 1. The van der Waals surface area contributed by atoms with Crippen LogP contribution < -0.4 is 10.1 Å². The van der Waals surface area contributed by atoms with Crippen LogP contribution in [0.15, 0.2) is 60.9 Å². The van der Waals surface area contributed by atoms with E-state index in [1.165, 1.54) is 0 Å². The van der Waals surface area contributed by atoms with Crippen molar-refractivity contribution in [3.05, 3.63) is 77.1 Å². The minimum Gasteiger partial charge on any atom is -0.495 e. The number of rotatable bonds is 8. The van der Waals surface area contributed by atoms with Gasteiger partial charge < -0.3 is 19.6 Å². The molecular weight excluding hydrogens is 426 g/mol. The normalized spacial score (nSPS) is 11.1. The predicted molar refractivity (Wildman–Crippen MR) is 126 cm³/mol. The van der Waals surface area contributed by atoms with E-state index in [1.807, 2.05) is 53.2 Å². The summed E-state index contributed by atoms with van der Waals surface area (Å²) >= 11 is 6.31. The van der Waals surface area contributed by atoms with Crippen molar-refractivity contribution in [1.82, 2.24) is 14.7 Å². The maximum Gasteiger partial charge on any atom is 0.150 e. The maximum absolute atomic E-state index is 11.8. The number of carbonyl (C=O) groups is 1. The molecule has 0 amide bonds. The molecule has 0 atom stereocenters. The highest BCUT2D eigenvalue weighted by molar-refractivity contribution is 6.32. The second kappa shape index (κ2) is 9.53. The third-order valence-electron chi connectivity index (χ3n) is 5.35. The first-order valence-corrected chi connectivity index (χ1v) is 10.6. The summed E-state index contributed by atoms with van der Waals surface area (Å²) in [6, 6.07) is 15.5. The Hall–Kier alpha value is -3.19. The highest BCUT2D eigenvalue weighted by Gasteiger charge is 2.14. The predicted octanol–water partition coefficient (Wildman–Crippen LogP) is 4.15.